The molecule has 1 N–H and O–H groups in total. The summed E-state index contributed by atoms with van der Waals surface area (Å²) in [6, 6.07) is 3.38. The van der Waals surface area contributed by atoms with E-state index in [2.05, 4.69) is 0 Å². The van der Waals surface area contributed by atoms with Gasteiger partial charge in [0.05, 0.1) is 29.1 Å². The molecule has 1 saturated heterocycles. The molecule has 3 nitrogen and oxygen atoms in total. The minimum Gasteiger partial charge on any atom is -0.391 e. The summed E-state index contributed by atoms with van der Waals surface area (Å²) in [7, 11) is 0. The first-order valence-corrected chi connectivity index (χ1v) is 5.68. The van der Waals surface area contributed by atoms with Gasteiger partial charge in [-0.05, 0) is 24.6 Å². The molecule has 0 spiro atoms. The van der Waals surface area contributed by atoms with Gasteiger partial charge in [-0.3, -0.25) is 4.79 Å². The van der Waals surface area contributed by atoms with Crippen LogP contribution in [0.4, 0.5) is 5.69 Å². The Balaban J connectivity index is 2.41. The van der Waals surface area contributed by atoms with Crippen molar-refractivity contribution in [2.45, 2.75) is 19.4 Å². The van der Waals surface area contributed by atoms with E-state index in [0.29, 0.717) is 16.6 Å². The Morgan fingerprint density at radius 1 is 1.38 bits per heavy atom. The molecule has 1 amide bonds. The number of hydrogen-bond acceptors (Lipinski definition) is 2. The lowest BCUT2D eigenvalue weighted by Crippen LogP contribution is -2.26. The molecule has 1 unspecified atom stereocenters. The molecule has 86 valence electrons. The molecule has 16 heavy (non-hydrogen) atoms. The summed E-state index contributed by atoms with van der Waals surface area (Å²) in [5.41, 5.74) is 1.59. The van der Waals surface area contributed by atoms with Crippen molar-refractivity contribution in [3.63, 3.8) is 0 Å². The maximum atomic E-state index is 11.6. The van der Waals surface area contributed by atoms with Gasteiger partial charge in [0.15, 0.2) is 0 Å². The Bertz CT molecular complexity index is 448. The number of aliphatic hydroxyl groups excluding tert-OH is 1. The number of aliphatic hydroxyl groups is 1. The summed E-state index contributed by atoms with van der Waals surface area (Å²) in [4.78, 5) is 13.2. The van der Waals surface area contributed by atoms with E-state index < -0.39 is 6.10 Å². The van der Waals surface area contributed by atoms with Gasteiger partial charge in [-0.2, -0.15) is 0 Å². The number of hydrogen-bond donors (Lipinski definition) is 1. The number of carbonyl (C=O) groups excluding carboxylic acids is 1. The number of carbonyl (C=O) groups is 1. The summed E-state index contributed by atoms with van der Waals surface area (Å²) < 4.78 is 0. The van der Waals surface area contributed by atoms with Crippen molar-refractivity contribution < 1.29 is 9.90 Å². The van der Waals surface area contributed by atoms with Crippen molar-refractivity contribution in [1.29, 1.82) is 0 Å². The van der Waals surface area contributed by atoms with Crippen molar-refractivity contribution in [3.8, 4) is 0 Å². The van der Waals surface area contributed by atoms with E-state index in [9.17, 15) is 9.90 Å². The van der Waals surface area contributed by atoms with Crippen LogP contribution in [0.25, 0.3) is 0 Å². The molecule has 1 fully saturated rings. The quantitative estimate of drug-likeness (QED) is 0.842. The highest BCUT2D eigenvalue weighted by molar-refractivity contribution is 6.42. The average molecular weight is 260 g/mol. The van der Waals surface area contributed by atoms with Crippen LogP contribution in [0.5, 0.6) is 0 Å². The first kappa shape index (κ1) is 11.7. The van der Waals surface area contributed by atoms with Crippen molar-refractivity contribution >= 4 is 34.8 Å². The average Bonchev–Trinajstić information content (AvgIpc) is 2.51. The molecule has 1 aromatic carbocycles. The number of amides is 1. The molecule has 1 aromatic rings. The molecule has 0 radical (unpaired) electrons. The van der Waals surface area contributed by atoms with Gasteiger partial charge in [0.1, 0.15) is 0 Å². The zero-order valence-corrected chi connectivity index (χ0v) is 10.2. The van der Waals surface area contributed by atoms with Gasteiger partial charge in [0, 0.05) is 5.69 Å². The third kappa shape index (κ3) is 2.03. The van der Waals surface area contributed by atoms with Crippen molar-refractivity contribution in [2.75, 3.05) is 11.4 Å². The van der Waals surface area contributed by atoms with Crippen molar-refractivity contribution in [1.82, 2.24) is 0 Å². The van der Waals surface area contributed by atoms with E-state index in [1.54, 1.807) is 17.0 Å². The third-order valence-corrected chi connectivity index (χ3v) is 3.36. The van der Waals surface area contributed by atoms with Crippen LogP contribution in [0.15, 0.2) is 12.1 Å². The summed E-state index contributed by atoms with van der Waals surface area (Å²) in [5, 5.41) is 10.3. The Labute approximate surface area is 104 Å². The highest BCUT2D eigenvalue weighted by atomic mass is 35.5. The summed E-state index contributed by atoms with van der Waals surface area (Å²) >= 11 is 11.8. The second-order valence-corrected chi connectivity index (χ2v) is 4.73. The number of nitrogens with zero attached hydrogens (tertiary/aromatic N) is 1. The van der Waals surface area contributed by atoms with Gasteiger partial charge < -0.3 is 10.0 Å². The SMILES string of the molecule is Cc1cc(Cl)c(Cl)cc1N1CC(O)CC1=O. The van der Waals surface area contributed by atoms with E-state index in [0.717, 1.165) is 11.3 Å². The van der Waals surface area contributed by atoms with Crippen LogP contribution in [0.2, 0.25) is 10.0 Å². The van der Waals surface area contributed by atoms with Crippen LogP contribution < -0.4 is 4.90 Å². The van der Waals surface area contributed by atoms with E-state index in [1.165, 1.54) is 0 Å². The molecular weight excluding hydrogens is 249 g/mol. The molecule has 2 rings (SSSR count). The molecule has 5 heteroatoms. The lowest BCUT2D eigenvalue weighted by Gasteiger charge is -2.19. The van der Waals surface area contributed by atoms with E-state index >= 15 is 0 Å². The highest BCUT2D eigenvalue weighted by Crippen LogP contribution is 2.32. The zero-order valence-electron chi connectivity index (χ0n) is 8.70. The number of halogens is 2. The monoisotopic (exact) mass is 259 g/mol. The standard InChI is InChI=1S/C11H11Cl2NO2/c1-6-2-8(12)9(13)4-10(6)14-5-7(15)3-11(14)16/h2,4,7,15H,3,5H2,1H3. The third-order valence-electron chi connectivity index (χ3n) is 2.63. The molecule has 1 aliphatic rings. The van der Waals surface area contributed by atoms with Crippen LogP contribution >= 0.6 is 23.2 Å². The van der Waals surface area contributed by atoms with Crippen LogP contribution in [0.3, 0.4) is 0 Å². The molecule has 0 saturated carbocycles. The predicted molar refractivity (Wildman–Crippen MR) is 64.2 cm³/mol. The fraction of sp³-hybridized carbons (Fsp3) is 0.364. The molecule has 0 aromatic heterocycles. The molecule has 0 aliphatic carbocycles. The summed E-state index contributed by atoms with van der Waals surface area (Å²) in [5.74, 6) is -0.0889. The maximum Gasteiger partial charge on any atom is 0.229 e. The van der Waals surface area contributed by atoms with Gasteiger partial charge in [-0.15, -0.1) is 0 Å². The molecule has 1 atom stereocenters. The molecule has 1 aliphatic heterocycles. The van der Waals surface area contributed by atoms with E-state index in [1.807, 2.05) is 6.92 Å². The number of β-amino-alcohol motifs (C(OH)–C–C–N with tert-alkyl or cyclic N) is 1. The van der Waals surface area contributed by atoms with Gasteiger partial charge >= 0.3 is 0 Å². The summed E-state index contributed by atoms with van der Waals surface area (Å²) in [6.07, 6.45) is -0.430. The van der Waals surface area contributed by atoms with Gasteiger partial charge in [-0.1, -0.05) is 23.2 Å². The Kier molecular flexibility index (Phi) is 3.10. The predicted octanol–water partition coefficient (Wildman–Crippen LogP) is 2.40. The number of benzene rings is 1. The first-order valence-electron chi connectivity index (χ1n) is 4.93. The summed E-state index contributed by atoms with van der Waals surface area (Å²) in [6.45, 7) is 2.17. The second kappa shape index (κ2) is 4.24. The van der Waals surface area contributed by atoms with Crippen LogP contribution in [0, 0.1) is 6.92 Å². The van der Waals surface area contributed by atoms with Gasteiger partial charge in [0.2, 0.25) is 5.91 Å². The minimum atomic E-state index is -0.596. The first-order chi connectivity index (χ1) is 7.49. The van der Waals surface area contributed by atoms with Crippen LogP contribution in [-0.2, 0) is 4.79 Å². The van der Waals surface area contributed by atoms with E-state index in [-0.39, 0.29) is 12.3 Å². The largest absolute Gasteiger partial charge is 0.391 e. The van der Waals surface area contributed by atoms with Gasteiger partial charge in [0.25, 0.3) is 0 Å². The number of rotatable bonds is 1. The lowest BCUT2D eigenvalue weighted by molar-refractivity contribution is -0.117. The van der Waals surface area contributed by atoms with E-state index in [4.69, 9.17) is 23.2 Å². The highest BCUT2D eigenvalue weighted by Gasteiger charge is 2.30. The van der Waals surface area contributed by atoms with Crippen LogP contribution in [0.1, 0.15) is 12.0 Å². The minimum absolute atomic E-state index is 0.0889. The fourth-order valence-electron chi connectivity index (χ4n) is 1.85. The second-order valence-electron chi connectivity index (χ2n) is 3.92. The number of aryl methyl sites for hydroxylation is 1. The van der Waals surface area contributed by atoms with Crippen molar-refractivity contribution in [3.05, 3.63) is 27.7 Å². The Hall–Kier alpha value is -0.770. The molecule has 1 heterocycles. The fourth-order valence-corrected chi connectivity index (χ4v) is 2.22. The topological polar surface area (TPSA) is 40.5 Å². The molecule has 0 bridgehead atoms. The van der Waals surface area contributed by atoms with Crippen molar-refractivity contribution in [2.24, 2.45) is 0 Å². The Morgan fingerprint density at radius 2 is 2.00 bits per heavy atom. The Morgan fingerprint density at radius 3 is 2.56 bits per heavy atom. The van der Waals surface area contributed by atoms with Crippen LogP contribution in [-0.4, -0.2) is 23.7 Å². The lowest BCUT2D eigenvalue weighted by atomic mass is 10.2. The number of anilines is 1. The molecular formula is C11H11Cl2NO2. The smallest absolute Gasteiger partial charge is 0.229 e. The maximum absolute atomic E-state index is 11.6. The normalized spacial score (nSPS) is 20.6. The zero-order chi connectivity index (χ0) is 11.9. The van der Waals surface area contributed by atoms with Gasteiger partial charge in [-0.25, -0.2) is 0 Å².